The van der Waals surface area contributed by atoms with Crippen LogP contribution in [0.2, 0.25) is 0 Å². The Labute approximate surface area is 132 Å². The summed E-state index contributed by atoms with van der Waals surface area (Å²) < 4.78 is 23.8. The van der Waals surface area contributed by atoms with Crippen LogP contribution in [-0.2, 0) is 9.84 Å². The third-order valence-electron chi connectivity index (χ3n) is 4.09. The molecule has 0 spiro atoms. The molecule has 6 heteroatoms. The maximum atomic E-state index is 11.9. The van der Waals surface area contributed by atoms with Crippen LogP contribution in [0.5, 0.6) is 0 Å². The van der Waals surface area contributed by atoms with E-state index in [4.69, 9.17) is 0 Å². The normalized spacial score (nSPS) is 19.9. The van der Waals surface area contributed by atoms with Gasteiger partial charge in [-0.05, 0) is 57.5 Å². The highest BCUT2D eigenvalue weighted by Crippen LogP contribution is 2.24. The van der Waals surface area contributed by atoms with E-state index in [1.54, 1.807) is 12.1 Å². The zero-order valence-corrected chi connectivity index (χ0v) is 14.2. The van der Waals surface area contributed by atoms with Gasteiger partial charge in [0, 0.05) is 24.9 Å². The number of piperidine rings is 1. The Morgan fingerprint density at radius 2 is 2.14 bits per heavy atom. The smallest absolute Gasteiger partial charge is 0.177 e. The lowest BCUT2D eigenvalue weighted by Crippen LogP contribution is -2.35. The number of carbonyl (C=O) groups is 1. The second kappa shape index (κ2) is 6.79. The predicted molar refractivity (Wildman–Crippen MR) is 88.3 cm³/mol. The van der Waals surface area contributed by atoms with Gasteiger partial charge in [-0.3, -0.25) is 4.79 Å². The van der Waals surface area contributed by atoms with Crippen LogP contribution >= 0.6 is 0 Å². The zero-order valence-electron chi connectivity index (χ0n) is 13.4. The standard InChI is InChI=1S/C16H24N2O3S/c1-12(19)14-6-7-16(22(3,20)21)15(9-14)17-10-13-5-4-8-18(2)11-13/h6-7,9,13,17H,4-5,8,10-11H2,1-3H3/t13-/m1/s1. The molecule has 0 saturated carbocycles. The van der Waals surface area contributed by atoms with Gasteiger partial charge in [0.05, 0.1) is 10.6 Å². The van der Waals surface area contributed by atoms with Gasteiger partial charge in [-0.15, -0.1) is 0 Å². The maximum absolute atomic E-state index is 11.9. The van der Waals surface area contributed by atoms with Crippen molar-refractivity contribution in [2.75, 3.05) is 38.3 Å². The molecule has 1 aliphatic heterocycles. The van der Waals surface area contributed by atoms with E-state index in [1.807, 2.05) is 0 Å². The molecule has 0 unspecified atom stereocenters. The lowest BCUT2D eigenvalue weighted by Gasteiger charge is -2.30. The number of carbonyl (C=O) groups excluding carboxylic acids is 1. The first-order valence-electron chi connectivity index (χ1n) is 7.55. The zero-order chi connectivity index (χ0) is 16.3. The quantitative estimate of drug-likeness (QED) is 0.840. The van der Waals surface area contributed by atoms with Crippen LogP contribution in [-0.4, -0.2) is 52.0 Å². The molecule has 0 aromatic heterocycles. The van der Waals surface area contributed by atoms with E-state index in [-0.39, 0.29) is 10.7 Å². The predicted octanol–water partition coefficient (Wildman–Crippen LogP) is 2.05. The molecule has 1 aliphatic rings. The minimum absolute atomic E-state index is 0.0690. The Bertz CT molecular complexity index is 655. The fraction of sp³-hybridized carbons (Fsp3) is 0.562. The molecule has 1 aromatic carbocycles. The van der Waals surface area contributed by atoms with E-state index in [9.17, 15) is 13.2 Å². The van der Waals surface area contributed by atoms with Gasteiger partial charge in [0.15, 0.2) is 15.6 Å². The van der Waals surface area contributed by atoms with E-state index >= 15 is 0 Å². The van der Waals surface area contributed by atoms with Crippen LogP contribution in [0.4, 0.5) is 5.69 Å². The number of ketones is 1. The van der Waals surface area contributed by atoms with Gasteiger partial charge < -0.3 is 10.2 Å². The van der Waals surface area contributed by atoms with Crippen molar-refractivity contribution in [1.29, 1.82) is 0 Å². The molecule has 0 amide bonds. The number of hydrogen-bond acceptors (Lipinski definition) is 5. The summed E-state index contributed by atoms with van der Waals surface area (Å²) >= 11 is 0. The minimum atomic E-state index is -3.32. The van der Waals surface area contributed by atoms with Gasteiger partial charge in [-0.2, -0.15) is 0 Å². The van der Waals surface area contributed by atoms with Gasteiger partial charge in [0.25, 0.3) is 0 Å². The molecular formula is C16H24N2O3S. The third kappa shape index (κ3) is 4.30. The van der Waals surface area contributed by atoms with Gasteiger partial charge in [-0.1, -0.05) is 0 Å². The maximum Gasteiger partial charge on any atom is 0.177 e. The molecular weight excluding hydrogens is 300 g/mol. The number of benzene rings is 1. The Hall–Kier alpha value is -1.40. The number of Topliss-reactive ketones (excluding diaryl/α,β-unsaturated/α-hetero) is 1. The van der Waals surface area contributed by atoms with Crippen LogP contribution < -0.4 is 5.32 Å². The topological polar surface area (TPSA) is 66.5 Å². The minimum Gasteiger partial charge on any atom is -0.384 e. The van der Waals surface area contributed by atoms with E-state index in [2.05, 4.69) is 17.3 Å². The number of sulfone groups is 1. The van der Waals surface area contributed by atoms with E-state index in [0.717, 1.165) is 25.9 Å². The highest BCUT2D eigenvalue weighted by molar-refractivity contribution is 7.90. The van der Waals surface area contributed by atoms with Crippen molar-refractivity contribution in [2.45, 2.75) is 24.7 Å². The van der Waals surface area contributed by atoms with E-state index < -0.39 is 9.84 Å². The van der Waals surface area contributed by atoms with Crippen molar-refractivity contribution < 1.29 is 13.2 Å². The average molecular weight is 324 g/mol. The first kappa shape index (κ1) is 17.0. The molecule has 1 heterocycles. The molecule has 2 rings (SSSR count). The van der Waals surface area contributed by atoms with Crippen LogP contribution in [0.15, 0.2) is 23.1 Å². The Kier molecular flexibility index (Phi) is 5.24. The second-order valence-corrected chi connectivity index (χ2v) is 8.17. The summed E-state index contributed by atoms with van der Waals surface area (Å²) in [5.74, 6) is 0.424. The Balaban J connectivity index is 2.20. The largest absolute Gasteiger partial charge is 0.384 e. The summed E-state index contributed by atoms with van der Waals surface area (Å²) in [6.45, 7) is 4.32. The third-order valence-corrected chi connectivity index (χ3v) is 5.24. The highest BCUT2D eigenvalue weighted by Gasteiger charge is 2.19. The highest BCUT2D eigenvalue weighted by atomic mass is 32.2. The van der Waals surface area contributed by atoms with Crippen molar-refractivity contribution in [3.05, 3.63) is 23.8 Å². The molecule has 1 saturated heterocycles. The molecule has 0 radical (unpaired) electrons. The molecule has 1 N–H and O–H groups in total. The summed E-state index contributed by atoms with van der Waals surface area (Å²) in [5, 5.41) is 3.25. The lowest BCUT2D eigenvalue weighted by atomic mass is 9.98. The van der Waals surface area contributed by atoms with Crippen molar-refractivity contribution >= 4 is 21.3 Å². The van der Waals surface area contributed by atoms with Crippen LogP contribution in [0.25, 0.3) is 0 Å². The molecule has 0 bridgehead atoms. The number of nitrogens with zero attached hydrogens (tertiary/aromatic N) is 1. The van der Waals surface area contributed by atoms with E-state index in [1.165, 1.54) is 19.2 Å². The molecule has 22 heavy (non-hydrogen) atoms. The molecule has 5 nitrogen and oxygen atoms in total. The van der Waals surface area contributed by atoms with Gasteiger partial charge >= 0.3 is 0 Å². The van der Waals surface area contributed by atoms with Crippen molar-refractivity contribution in [2.24, 2.45) is 5.92 Å². The van der Waals surface area contributed by atoms with Gasteiger partial charge in [0.2, 0.25) is 0 Å². The summed E-state index contributed by atoms with van der Waals surface area (Å²) in [4.78, 5) is 14.1. The Morgan fingerprint density at radius 3 is 2.73 bits per heavy atom. The number of hydrogen-bond donors (Lipinski definition) is 1. The summed E-state index contributed by atoms with van der Waals surface area (Å²) in [7, 11) is -1.22. The van der Waals surface area contributed by atoms with Gasteiger partial charge in [0.1, 0.15) is 0 Å². The summed E-state index contributed by atoms with van der Waals surface area (Å²) in [6.07, 6.45) is 3.49. The molecule has 1 aromatic rings. The SMILES string of the molecule is CC(=O)c1ccc(S(C)(=O)=O)c(NC[C@H]2CCCN(C)C2)c1. The number of anilines is 1. The summed E-state index contributed by atoms with van der Waals surface area (Å²) in [6, 6.07) is 4.73. The van der Waals surface area contributed by atoms with Crippen LogP contribution in [0.3, 0.4) is 0 Å². The fourth-order valence-corrected chi connectivity index (χ4v) is 3.75. The lowest BCUT2D eigenvalue weighted by molar-refractivity contribution is 0.101. The first-order chi connectivity index (χ1) is 10.3. The first-order valence-corrected chi connectivity index (χ1v) is 9.44. The molecule has 122 valence electrons. The molecule has 1 atom stereocenters. The summed E-state index contributed by atoms with van der Waals surface area (Å²) in [5.41, 5.74) is 1.05. The number of nitrogens with one attached hydrogen (secondary N) is 1. The van der Waals surface area contributed by atoms with Crippen molar-refractivity contribution in [1.82, 2.24) is 4.90 Å². The van der Waals surface area contributed by atoms with Gasteiger partial charge in [-0.25, -0.2) is 8.42 Å². The fourth-order valence-electron chi connectivity index (χ4n) is 2.90. The van der Waals surface area contributed by atoms with Crippen LogP contribution in [0, 0.1) is 5.92 Å². The van der Waals surface area contributed by atoms with E-state index in [0.29, 0.717) is 23.7 Å². The van der Waals surface area contributed by atoms with Crippen molar-refractivity contribution in [3.63, 3.8) is 0 Å². The average Bonchev–Trinajstić information content (AvgIpc) is 2.44. The molecule has 1 fully saturated rings. The Morgan fingerprint density at radius 1 is 1.41 bits per heavy atom. The monoisotopic (exact) mass is 324 g/mol. The molecule has 0 aliphatic carbocycles. The number of likely N-dealkylation sites (tertiary alicyclic amines) is 1. The number of rotatable bonds is 5. The second-order valence-electron chi connectivity index (χ2n) is 6.19. The van der Waals surface area contributed by atoms with Crippen molar-refractivity contribution in [3.8, 4) is 0 Å². The van der Waals surface area contributed by atoms with Crippen LogP contribution in [0.1, 0.15) is 30.1 Å².